The van der Waals surface area contributed by atoms with Crippen molar-refractivity contribution in [3.63, 3.8) is 0 Å². The van der Waals surface area contributed by atoms with E-state index >= 15 is 0 Å². The summed E-state index contributed by atoms with van der Waals surface area (Å²) in [6.07, 6.45) is 3.27. The van der Waals surface area contributed by atoms with E-state index < -0.39 is 9.73 Å². The molecule has 0 amide bonds. The Kier molecular flexibility index (Phi) is 3.52. The topological polar surface area (TPSA) is 38.7 Å². The molecule has 0 bridgehead atoms. The molecule has 0 aliphatic carbocycles. The summed E-state index contributed by atoms with van der Waals surface area (Å²) in [7, 11) is -0.365. The Morgan fingerprint density at radius 2 is 1.86 bits per heavy atom. The van der Waals surface area contributed by atoms with E-state index in [4.69, 9.17) is 4.74 Å². The zero-order chi connectivity index (χ0) is 10.6. The standard InChI is InChI=1S/C10H15NO2S/c1-13-10-6-4-9(5-7-10)8-11-14(2,3)12/h4-7H,8H2,1-3H3. The molecule has 3 nitrogen and oxygen atoms in total. The highest BCUT2D eigenvalue weighted by Gasteiger charge is 1.94. The number of ether oxygens (including phenoxy) is 1. The average molecular weight is 213 g/mol. The Labute approximate surface area is 85.3 Å². The fraction of sp³-hybridized carbons (Fsp3) is 0.400. The molecule has 14 heavy (non-hydrogen) atoms. The van der Waals surface area contributed by atoms with Gasteiger partial charge >= 0.3 is 0 Å². The van der Waals surface area contributed by atoms with Gasteiger partial charge in [-0.05, 0) is 17.7 Å². The first-order valence-corrected chi connectivity index (χ1v) is 6.60. The van der Waals surface area contributed by atoms with E-state index in [2.05, 4.69) is 4.36 Å². The van der Waals surface area contributed by atoms with E-state index in [-0.39, 0.29) is 0 Å². The third-order valence-corrected chi connectivity index (χ3v) is 2.47. The lowest BCUT2D eigenvalue weighted by Gasteiger charge is -2.01. The number of benzene rings is 1. The fourth-order valence-corrected chi connectivity index (χ4v) is 1.42. The van der Waals surface area contributed by atoms with Crippen molar-refractivity contribution < 1.29 is 8.95 Å². The maximum Gasteiger partial charge on any atom is 0.118 e. The van der Waals surface area contributed by atoms with Crippen LogP contribution in [0.1, 0.15) is 5.56 Å². The van der Waals surface area contributed by atoms with E-state index in [1.165, 1.54) is 0 Å². The van der Waals surface area contributed by atoms with E-state index in [0.717, 1.165) is 11.3 Å². The van der Waals surface area contributed by atoms with Crippen molar-refractivity contribution in [2.45, 2.75) is 6.54 Å². The third kappa shape index (κ3) is 3.79. The van der Waals surface area contributed by atoms with Crippen LogP contribution < -0.4 is 4.74 Å². The van der Waals surface area contributed by atoms with E-state index in [9.17, 15) is 4.21 Å². The number of nitrogens with zero attached hydrogens (tertiary/aromatic N) is 1. The molecule has 1 aromatic rings. The zero-order valence-corrected chi connectivity index (χ0v) is 9.50. The first kappa shape index (κ1) is 11.0. The van der Waals surface area contributed by atoms with Crippen LogP contribution in [0.15, 0.2) is 28.6 Å². The quantitative estimate of drug-likeness (QED) is 0.769. The molecular formula is C10H15NO2S. The van der Waals surface area contributed by atoms with Crippen LogP contribution in [0.5, 0.6) is 5.75 Å². The minimum atomic E-state index is -1.99. The van der Waals surface area contributed by atoms with Crippen molar-refractivity contribution in [1.82, 2.24) is 0 Å². The summed E-state index contributed by atoms with van der Waals surface area (Å²) in [5, 5.41) is 0. The smallest absolute Gasteiger partial charge is 0.118 e. The SMILES string of the molecule is COc1ccc(CN=S(C)(C)=O)cc1. The molecule has 0 heterocycles. The monoisotopic (exact) mass is 213 g/mol. The minimum absolute atomic E-state index is 0.496. The van der Waals surface area contributed by atoms with Gasteiger partial charge in [-0.3, -0.25) is 4.21 Å². The van der Waals surface area contributed by atoms with Gasteiger partial charge < -0.3 is 4.74 Å². The molecule has 0 fully saturated rings. The molecule has 0 saturated heterocycles. The lowest BCUT2D eigenvalue weighted by Crippen LogP contribution is -1.92. The largest absolute Gasteiger partial charge is 0.497 e. The summed E-state index contributed by atoms with van der Waals surface area (Å²) in [5.41, 5.74) is 1.04. The highest BCUT2D eigenvalue weighted by atomic mass is 32.2. The molecule has 0 aliphatic heterocycles. The van der Waals surface area contributed by atoms with Crippen LogP contribution in [0.25, 0.3) is 0 Å². The van der Waals surface area contributed by atoms with Gasteiger partial charge in [-0.2, -0.15) is 0 Å². The van der Waals surface area contributed by atoms with E-state index in [1.807, 2.05) is 24.3 Å². The lowest BCUT2D eigenvalue weighted by atomic mass is 10.2. The molecule has 0 aliphatic rings. The van der Waals surface area contributed by atoms with Crippen molar-refractivity contribution in [3.8, 4) is 5.75 Å². The molecule has 0 N–H and O–H groups in total. The van der Waals surface area contributed by atoms with E-state index in [1.54, 1.807) is 19.6 Å². The highest BCUT2D eigenvalue weighted by molar-refractivity contribution is 7.92. The number of methoxy groups -OCH3 is 1. The van der Waals surface area contributed by atoms with Crippen LogP contribution in [-0.4, -0.2) is 23.8 Å². The molecule has 0 aromatic heterocycles. The second kappa shape index (κ2) is 4.46. The highest BCUT2D eigenvalue weighted by Crippen LogP contribution is 2.12. The van der Waals surface area contributed by atoms with Crippen LogP contribution in [0.2, 0.25) is 0 Å². The van der Waals surface area contributed by atoms with Crippen molar-refractivity contribution >= 4 is 9.73 Å². The van der Waals surface area contributed by atoms with Gasteiger partial charge in [0.2, 0.25) is 0 Å². The predicted molar refractivity (Wildman–Crippen MR) is 59.1 cm³/mol. The predicted octanol–water partition coefficient (Wildman–Crippen LogP) is 1.92. The van der Waals surface area contributed by atoms with Gasteiger partial charge in [0.05, 0.1) is 13.7 Å². The van der Waals surface area contributed by atoms with Crippen LogP contribution in [0, 0.1) is 0 Å². The van der Waals surface area contributed by atoms with Crippen LogP contribution in [0.3, 0.4) is 0 Å². The van der Waals surface area contributed by atoms with Gasteiger partial charge in [-0.25, -0.2) is 4.36 Å². The van der Waals surface area contributed by atoms with Crippen molar-refractivity contribution in [3.05, 3.63) is 29.8 Å². The van der Waals surface area contributed by atoms with Crippen LogP contribution in [-0.2, 0) is 16.3 Å². The van der Waals surface area contributed by atoms with Crippen molar-refractivity contribution in [2.75, 3.05) is 19.6 Å². The first-order chi connectivity index (χ1) is 6.51. The molecular weight excluding hydrogens is 198 g/mol. The Bertz CT molecular complexity index is 395. The summed E-state index contributed by atoms with van der Waals surface area (Å²) in [6.45, 7) is 0.496. The first-order valence-electron chi connectivity index (χ1n) is 4.27. The molecule has 1 rings (SSSR count). The molecule has 0 unspecified atom stereocenters. The van der Waals surface area contributed by atoms with Crippen LogP contribution in [0.4, 0.5) is 0 Å². The lowest BCUT2D eigenvalue weighted by molar-refractivity contribution is 0.414. The molecule has 78 valence electrons. The number of hydrogen-bond donors (Lipinski definition) is 0. The molecule has 0 spiro atoms. The van der Waals surface area contributed by atoms with Gasteiger partial charge in [0.25, 0.3) is 0 Å². The second-order valence-electron chi connectivity index (χ2n) is 3.32. The maximum atomic E-state index is 11.3. The summed E-state index contributed by atoms with van der Waals surface area (Å²) < 4.78 is 20.4. The summed E-state index contributed by atoms with van der Waals surface area (Å²) in [5.74, 6) is 0.822. The molecule has 0 saturated carbocycles. The van der Waals surface area contributed by atoms with Gasteiger partial charge in [-0.1, -0.05) is 12.1 Å². The zero-order valence-electron chi connectivity index (χ0n) is 8.69. The summed E-state index contributed by atoms with van der Waals surface area (Å²) >= 11 is 0. The summed E-state index contributed by atoms with van der Waals surface area (Å²) in [6, 6.07) is 7.59. The van der Waals surface area contributed by atoms with Crippen LogP contribution >= 0.6 is 0 Å². The minimum Gasteiger partial charge on any atom is -0.497 e. The Morgan fingerprint density at radius 3 is 2.29 bits per heavy atom. The fourth-order valence-electron chi connectivity index (χ4n) is 0.961. The summed E-state index contributed by atoms with van der Waals surface area (Å²) in [4.78, 5) is 0. The van der Waals surface area contributed by atoms with Gasteiger partial charge in [-0.15, -0.1) is 0 Å². The maximum absolute atomic E-state index is 11.3. The van der Waals surface area contributed by atoms with Gasteiger partial charge in [0, 0.05) is 22.2 Å². The molecule has 4 heteroatoms. The Balaban J connectivity index is 2.75. The normalized spacial score (nSPS) is 11.1. The average Bonchev–Trinajstić information content (AvgIpc) is 2.14. The van der Waals surface area contributed by atoms with Gasteiger partial charge in [0.1, 0.15) is 5.75 Å². The molecule has 0 atom stereocenters. The third-order valence-electron chi connectivity index (χ3n) is 1.72. The van der Waals surface area contributed by atoms with Gasteiger partial charge in [0.15, 0.2) is 0 Å². The number of rotatable bonds is 3. The number of hydrogen-bond acceptors (Lipinski definition) is 3. The molecule has 0 radical (unpaired) electrons. The van der Waals surface area contributed by atoms with E-state index in [0.29, 0.717) is 6.54 Å². The van der Waals surface area contributed by atoms with Crippen molar-refractivity contribution in [1.29, 1.82) is 0 Å². The molecule has 1 aromatic carbocycles. The van der Waals surface area contributed by atoms with Crippen molar-refractivity contribution in [2.24, 2.45) is 4.36 Å². The second-order valence-corrected chi connectivity index (χ2v) is 5.94. The Hall–Kier alpha value is -1.03. The Morgan fingerprint density at radius 1 is 1.29 bits per heavy atom.